The van der Waals surface area contributed by atoms with Crippen LogP contribution in [0.5, 0.6) is 0 Å². The van der Waals surface area contributed by atoms with Crippen molar-refractivity contribution >= 4 is 6.09 Å². The van der Waals surface area contributed by atoms with Crippen LogP contribution >= 0.6 is 0 Å². The molecule has 0 saturated carbocycles. The fourth-order valence-electron chi connectivity index (χ4n) is 2.05. The molecular formula is C12H17N3O2. The molecule has 1 heterocycles. The molecule has 1 aliphatic heterocycles. The van der Waals surface area contributed by atoms with Gasteiger partial charge in [-0.15, -0.1) is 0 Å². The van der Waals surface area contributed by atoms with E-state index in [9.17, 15) is 4.79 Å². The molecule has 0 bridgehead atoms. The zero-order valence-corrected chi connectivity index (χ0v) is 9.62. The average molecular weight is 235 g/mol. The van der Waals surface area contributed by atoms with Crippen LogP contribution in [0, 0.1) is 0 Å². The van der Waals surface area contributed by atoms with Crippen LogP contribution in [-0.4, -0.2) is 47.2 Å². The third-order valence-corrected chi connectivity index (χ3v) is 3.12. The lowest BCUT2D eigenvalue weighted by molar-refractivity contribution is 0.0861. The highest BCUT2D eigenvalue weighted by atomic mass is 16.4. The quantitative estimate of drug-likeness (QED) is 0.800. The molecule has 1 unspecified atom stereocenters. The van der Waals surface area contributed by atoms with Crippen molar-refractivity contribution in [2.75, 3.05) is 26.2 Å². The highest BCUT2D eigenvalue weighted by Gasteiger charge is 2.24. The Labute approximate surface area is 100 Å². The fourth-order valence-corrected chi connectivity index (χ4v) is 2.05. The second-order valence-corrected chi connectivity index (χ2v) is 4.16. The minimum Gasteiger partial charge on any atom is -0.465 e. The van der Waals surface area contributed by atoms with Crippen molar-refractivity contribution in [3.8, 4) is 0 Å². The van der Waals surface area contributed by atoms with E-state index >= 15 is 0 Å². The number of nitrogens with two attached hydrogens (primary N) is 1. The number of carbonyl (C=O) groups is 1. The molecule has 1 atom stereocenters. The molecule has 1 aliphatic rings. The average Bonchev–Trinajstić information content (AvgIpc) is 2.39. The van der Waals surface area contributed by atoms with E-state index < -0.39 is 6.09 Å². The molecular weight excluding hydrogens is 218 g/mol. The topological polar surface area (TPSA) is 69.8 Å². The fraction of sp³-hybridized carbons (Fsp3) is 0.417. The summed E-state index contributed by atoms with van der Waals surface area (Å²) in [5.41, 5.74) is 7.22. The van der Waals surface area contributed by atoms with Gasteiger partial charge in [0.25, 0.3) is 0 Å². The van der Waals surface area contributed by atoms with Gasteiger partial charge in [0, 0.05) is 26.2 Å². The van der Waals surface area contributed by atoms with Gasteiger partial charge < -0.3 is 15.7 Å². The molecule has 1 aromatic carbocycles. The van der Waals surface area contributed by atoms with Crippen molar-refractivity contribution in [3.05, 3.63) is 35.9 Å². The van der Waals surface area contributed by atoms with Gasteiger partial charge in [0.05, 0.1) is 6.17 Å². The van der Waals surface area contributed by atoms with Crippen LogP contribution in [-0.2, 0) is 0 Å². The van der Waals surface area contributed by atoms with Gasteiger partial charge in [0.15, 0.2) is 0 Å². The Morgan fingerprint density at radius 1 is 1.18 bits per heavy atom. The summed E-state index contributed by atoms with van der Waals surface area (Å²) in [7, 11) is 0. The monoisotopic (exact) mass is 235 g/mol. The summed E-state index contributed by atoms with van der Waals surface area (Å²) >= 11 is 0. The van der Waals surface area contributed by atoms with E-state index in [1.54, 1.807) is 0 Å². The van der Waals surface area contributed by atoms with Gasteiger partial charge in [0.1, 0.15) is 0 Å². The maximum absolute atomic E-state index is 10.8. The lowest BCUT2D eigenvalue weighted by Crippen LogP contribution is -2.50. The van der Waals surface area contributed by atoms with Crippen LogP contribution in [0.3, 0.4) is 0 Å². The number of benzene rings is 1. The lowest BCUT2D eigenvalue weighted by atomic mass is 10.1. The molecule has 0 radical (unpaired) electrons. The third-order valence-electron chi connectivity index (χ3n) is 3.12. The Morgan fingerprint density at radius 2 is 1.76 bits per heavy atom. The zero-order chi connectivity index (χ0) is 12.3. The normalized spacial score (nSPS) is 19.0. The standard InChI is InChI=1S/C12H17N3O2/c13-11(10-4-2-1-3-5-10)14-6-8-15(9-7-14)12(16)17/h1-5,11H,6-9,13H2,(H,16,17). The molecule has 1 amide bonds. The first-order chi connectivity index (χ1) is 8.18. The van der Waals surface area contributed by atoms with Gasteiger partial charge in [-0.2, -0.15) is 0 Å². The van der Waals surface area contributed by atoms with Crippen molar-refractivity contribution in [2.45, 2.75) is 6.17 Å². The van der Waals surface area contributed by atoms with Crippen LogP contribution in [0.15, 0.2) is 30.3 Å². The number of rotatable bonds is 2. The SMILES string of the molecule is NC(c1ccccc1)N1CCN(C(=O)O)CC1. The molecule has 0 spiro atoms. The van der Waals surface area contributed by atoms with Crippen LogP contribution in [0.2, 0.25) is 0 Å². The molecule has 5 heteroatoms. The number of hydrogen-bond acceptors (Lipinski definition) is 3. The van der Waals surface area contributed by atoms with Crippen molar-refractivity contribution in [3.63, 3.8) is 0 Å². The summed E-state index contributed by atoms with van der Waals surface area (Å²) < 4.78 is 0. The van der Waals surface area contributed by atoms with Crippen LogP contribution < -0.4 is 5.73 Å². The number of carboxylic acid groups (broad SMARTS) is 1. The van der Waals surface area contributed by atoms with Crippen LogP contribution in [0.1, 0.15) is 11.7 Å². The van der Waals surface area contributed by atoms with Crippen molar-refractivity contribution in [2.24, 2.45) is 5.73 Å². The first-order valence-electron chi connectivity index (χ1n) is 5.71. The van der Waals surface area contributed by atoms with Gasteiger partial charge in [-0.05, 0) is 5.56 Å². The van der Waals surface area contributed by atoms with E-state index in [1.807, 2.05) is 30.3 Å². The Balaban J connectivity index is 1.95. The Hall–Kier alpha value is -1.59. The van der Waals surface area contributed by atoms with E-state index in [1.165, 1.54) is 4.90 Å². The molecule has 92 valence electrons. The number of hydrogen-bond donors (Lipinski definition) is 2. The second kappa shape index (κ2) is 5.16. The predicted molar refractivity (Wildman–Crippen MR) is 64.5 cm³/mol. The molecule has 2 rings (SSSR count). The van der Waals surface area contributed by atoms with Crippen molar-refractivity contribution < 1.29 is 9.90 Å². The van der Waals surface area contributed by atoms with Gasteiger partial charge in [-0.1, -0.05) is 30.3 Å². The molecule has 0 aliphatic carbocycles. The van der Waals surface area contributed by atoms with Gasteiger partial charge in [0.2, 0.25) is 0 Å². The van der Waals surface area contributed by atoms with E-state index in [-0.39, 0.29) is 6.17 Å². The molecule has 1 aromatic rings. The van der Waals surface area contributed by atoms with Crippen molar-refractivity contribution in [1.82, 2.24) is 9.80 Å². The maximum atomic E-state index is 10.8. The minimum absolute atomic E-state index is 0.146. The Kier molecular flexibility index (Phi) is 3.61. The molecule has 3 N–H and O–H groups in total. The van der Waals surface area contributed by atoms with Crippen LogP contribution in [0.25, 0.3) is 0 Å². The summed E-state index contributed by atoms with van der Waals surface area (Å²) in [6.07, 6.45) is -0.995. The van der Waals surface area contributed by atoms with E-state index in [2.05, 4.69) is 4.90 Å². The summed E-state index contributed by atoms with van der Waals surface area (Å²) in [5, 5.41) is 8.86. The minimum atomic E-state index is -0.849. The van der Waals surface area contributed by atoms with Crippen LogP contribution in [0.4, 0.5) is 4.79 Å². The first kappa shape index (κ1) is 11.9. The summed E-state index contributed by atoms with van der Waals surface area (Å²) in [6.45, 7) is 2.41. The first-order valence-corrected chi connectivity index (χ1v) is 5.71. The zero-order valence-electron chi connectivity index (χ0n) is 9.62. The summed E-state index contributed by atoms with van der Waals surface area (Å²) in [6, 6.07) is 9.87. The predicted octanol–water partition coefficient (Wildman–Crippen LogP) is 0.940. The molecule has 1 fully saturated rings. The van der Waals surface area contributed by atoms with Gasteiger partial charge in [-0.25, -0.2) is 4.79 Å². The number of amides is 1. The number of nitrogens with zero attached hydrogens (tertiary/aromatic N) is 2. The summed E-state index contributed by atoms with van der Waals surface area (Å²) in [5.74, 6) is 0. The molecule has 1 saturated heterocycles. The van der Waals surface area contributed by atoms with Gasteiger partial charge in [-0.3, -0.25) is 4.90 Å². The van der Waals surface area contributed by atoms with E-state index in [0.29, 0.717) is 26.2 Å². The third kappa shape index (κ3) is 2.75. The Bertz CT molecular complexity index is 375. The van der Waals surface area contributed by atoms with E-state index in [4.69, 9.17) is 10.8 Å². The lowest BCUT2D eigenvalue weighted by Gasteiger charge is -2.36. The largest absolute Gasteiger partial charge is 0.465 e. The molecule has 5 nitrogen and oxygen atoms in total. The second-order valence-electron chi connectivity index (χ2n) is 4.16. The smallest absolute Gasteiger partial charge is 0.407 e. The molecule has 17 heavy (non-hydrogen) atoms. The number of piperazine rings is 1. The molecule has 0 aromatic heterocycles. The van der Waals surface area contributed by atoms with Gasteiger partial charge >= 0.3 is 6.09 Å². The van der Waals surface area contributed by atoms with Crippen molar-refractivity contribution in [1.29, 1.82) is 0 Å². The Morgan fingerprint density at radius 3 is 2.29 bits per heavy atom. The maximum Gasteiger partial charge on any atom is 0.407 e. The highest BCUT2D eigenvalue weighted by Crippen LogP contribution is 2.16. The highest BCUT2D eigenvalue weighted by molar-refractivity contribution is 5.65. The van der Waals surface area contributed by atoms with E-state index in [0.717, 1.165) is 5.56 Å². The summed E-state index contributed by atoms with van der Waals surface area (Å²) in [4.78, 5) is 14.3.